The highest BCUT2D eigenvalue weighted by Crippen LogP contribution is 2.43. The third-order valence-electron chi connectivity index (χ3n) is 3.40. The maximum absolute atomic E-state index is 13.6. The lowest BCUT2D eigenvalue weighted by atomic mass is 9.92. The molecule has 0 radical (unpaired) electrons. The Bertz CT molecular complexity index is 436. The molecular formula is C14H19BrFNS. The molecule has 2 rings (SSSR count). The maximum atomic E-state index is 13.6. The smallest absolute Gasteiger partial charge is 0.137 e. The first-order chi connectivity index (χ1) is 8.56. The molecule has 0 bridgehead atoms. The Balaban J connectivity index is 2.43. The van der Waals surface area contributed by atoms with Crippen LogP contribution in [0, 0.1) is 11.7 Å². The molecule has 0 spiro atoms. The van der Waals surface area contributed by atoms with Crippen LogP contribution in [0.3, 0.4) is 0 Å². The van der Waals surface area contributed by atoms with Gasteiger partial charge in [0.05, 0.1) is 4.47 Å². The Kier molecular flexibility index (Phi) is 4.73. The number of halogens is 2. The van der Waals surface area contributed by atoms with Gasteiger partial charge in [-0.15, -0.1) is 0 Å². The summed E-state index contributed by atoms with van der Waals surface area (Å²) in [7, 11) is 0. The fraction of sp³-hybridized carbons (Fsp3) is 0.571. The minimum Gasteiger partial charge on any atom is -0.309 e. The van der Waals surface area contributed by atoms with Crippen LogP contribution in [0.5, 0.6) is 0 Å². The molecule has 0 amide bonds. The van der Waals surface area contributed by atoms with Gasteiger partial charge in [-0.3, -0.25) is 0 Å². The van der Waals surface area contributed by atoms with Crippen molar-refractivity contribution in [3.63, 3.8) is 0 Å². The van der Waals surface area contributed by atoms with Crippen molar-refractivity contribution in [3.8, 4) is 0 Å². The van der Waals surface area contributed by atoms with Crippen molar-refractivity contribution in [2.75, 3.05) is 6.54 Å². The lowest BCUT2D eigenvalue weighted by Gasteiger charge is -2.36. The van der Waals surface area contributed by atoms with Gasteiger partial charge in [0.25, 0.3) is 0 Å². The molecule has 2 unspecified atom stereocenters. The summed E-state index contributed by atoms with van der Waals surface area (Å²) in [5.41, 5.74) is 2.37. The Morgan fingerprint density at radius 2 is 2.22 bits per heavy atom. The zero-order chi connectivity index (χ0) is 13.3. The molecule has 1 aromatic carbocycles. The number of thioether (sulfide) groups is 1. The molecule has 0 aliphatic carbocycles. The average molecular weight is 332 g/mol. The number of rotatable bonds is 3. The monoisotopic (exact) mass is 331 g/mol. The number of fused-ring (bicyclic) bond motifs is 1. The predicted molar refractivity (Wildman–Crippen MR) is 80.4 cm³/mol. The summed E-state index contributed by atoms with van der Waals surface area (Å²) in [6.45, 7) is 7.56. The molecule has 1 nitrogen and oxygen atoms in total. The van der Waals surface area contributed by atoms with Crippen molar-refractivity contribution in [2.45, 2.75) is 37.8 Å². The van der Waals surface area contributed by atoms with E-state index in [4.69, 9.17) is 0 Å². The van der Waals surface area contributed by atoms with E-state index in [2.05, 4.69) is 42.0 Å². The van der Waals surface area contributed by atoms with Crippen molar-refractivity contribution in [1.29, 1.82) is 0 Å². The van der Waals surface area contributed by atoms with Gasteiger partial charge in [-0.1, -0.05) is 26.8 Å². The van der Waals surface area contributed by atoms with Crippen LogP contribution in [-0.4, -0.2) is 11.8 Å². The van der Waals surface area contributed by atoms with Gasteiger partial charge < -0.3 is 5.32 Å². The minimum atomic E-state index is -0.160. The van der Waals surface area contributed by atoms with Crippen LogP contribution in [0.2, 0.25) is 0 Å². The van der Waals surface area contributed by atoms with Crippen molar-refractivity contribution in [2.24, 2.45) is 5.92 Å². The first kappa shape index (κ1) is 14.4. The second-order valence-corrected chi connectivity index (χ2v) is 6.94. The van der Waals surface area contributed by atoms with E-state index in [1.165, 1.54) is 5.56 Å². The fourth-order valence-corrected chi connectivity index (χ4v) is 4.70. The summed E-state index contributed by atoms with van der Waals surface area (Å²) >= 11 is 5.31. The van der Waals surface area contributed by atoms with Crippen molar-refractivity contribution in [3.05, 3.63) is 33.5 Å². The molecule has 0 aromatic heterocycles. The predicted octanol–water partition coefficient (Wildman–Crippen LogP) is 4.51. The van der Waals surface area contributed by atoms with Crippen LogP contribution in [0.1, 0.15) is 37.9 Å². The van der Waals surface area contributed by atoms with E-state index >= 15 is 0 Å². The van der Waals surface area contributed by atoms with Gasteiger partial charge in [-0.25, -0.2) is 4.39 Å². The standard InChI is InChI=1S/C14H19BrFNS/c1-4-17-13-9-5-6-11(16)12(15)10(9)7-18-14(13)8(2)3/h5-6,8,13-14,17H,4,7H2,1-3H3. The van der Waals surface area contributed by atoms with E-state index < -0.39 is 0 Å². The van der Waals surface area contributed by atoms with Gasteiger partial charge in [0.15, 0.2) is 0 Å². The van der Waals surface area contributed by atoms with E-state index in [0.29, 0.717) is 21.7 Å². The lowest BCUT2D eigenvalue weighted by Crippen LogP contribution is -2.36. The summed E-state index contributed by atoms with van der Waals surface area (Å²) in [5, 5.41) is 4.11. The molecule has 1 aliphatic heterocycles. The highest BCUT2D eigenvalue weighted by molar-refractivity contribution is 9.10. The van der Waals surface area contributed by atoms with Crippen LogP contribution in [-0.2, 0) is 5.75 Å². The molecule has 0 fully saturated rings. The maximum Gasteiger partial charge on any atom is 0.137 e. The summed E-state index contributed by atoms with van der Waals surface area (Å²) < 4.78 is 14.2. The van der Waals surface area contributed by atoms with Gasteiger partial charge in [-0.2, -0.15) is 11.8 Å². The summed E-state index contributed by atoms with van der Waals surface area (Å²) in [5.74, 6) is 1.34. The highest BCUT2D eigenvalue weighted by Gasteiger charge is 2.33. The van der Waals surface area contributed by atoms with E-state index in [1.54, 1.807) is 6.07 Å². The molecule has 2 atom stereocenters. The molecule has 1 aliphatic rings. The molecule has 1 N–H and O–H groups in total. The summed E-state index contributed by atoms with van der Waals surface area (Å²) in [4.78, 5) is 0. The first-order valence-corrected chi connectivity index (χ1v) is 8.22. The van der Waals surface area contributed by atoms with Gasteiger partial charge in [0.2, 0.25) is 0 Å². The molecule has 100 valence electrons. The van der Waals surface area contributed by atoms with Gasteiger partial charge >= 0.3 is 0 Å². The lowest BCUT2D eigenvalue weighted by molar-refractivity contribution is 0.446. The molecule has 1 heterocycles. The third-order valence-corrected chi connectivity index (χ3v) is 5.91. The van der Waals surface area contributed by atoms with E-state index in [9.17, 15) is 4.39 Å². The van der Waals surface area contributed by atoms with Gasteiger partial charge in [0.1, 0.15) is 5.82 Å². The van der Waals surface area contributed by atoms with E-state index in [-0.39, 0.29) is 5.82 Å². The first-order valence-electron chi connectivity index (χ1n) is 6.38. The van der Waals surface area contributed by atoms with Gasteiger partial charge in [0, 0.05) is 17.0 Å². The second-order valence-electron chi connectivity index (χ2n) is 4.98. The highest BCUT2D eigenvalue weighted by atomic mass is 79.9. The quantitative estimate of drug-likeness (QED) is 0.874. The normalized spacial score (nSPS) is 23.2. The molecular weight excluding hydrogens is 313 g/mol. The summed E-state index contributed by atoms with van der Waals surface area (Å²) in [6, 6.07) is 3.83. The largest absolute Gasteiger partial charge is 0.309 e. The van der Waals surface area contributed by atoms with Crippen LogP contribution in [0.25, 0.3) is 0 Å². The molecule has 0 saturated carbocycles. The Labute approximate surface area is 121 Å². The second kappa shape index (κ2) is 5.93. The average Bonchev–Trinajstić information content (AvgIpc) is 2.34. The van der Waals surface area contributed by atoms with Crippen molar-refractivity contribution < 1.29 is 4.39 Å². The number of benzene rings is 1. The van der Waals surface area contributed by atoms with Crippen LogP contribution in [0.15, 0.2) is 16.6 Å². The zero-order valence-electron chi connectivity index (χ0n) is 11.0. The van der Waals surface area contributed by atoms with Crippen molar-refractivity contribution in [1.82, 2.24) is 5.32 Å². The molecule has 1 aromatic rings. The molecule has 4 heteroatoms. The topological polar surface area (TPSA) is 12.0 Å². The molecule has 18 heavy (non-hydrogen) atoms. The Morgan fingerprint density at radius 1 is 1.50 bits per heavy atom. The Hall–Kier alpha value is -0.0600. The number of nitrogens with one attached hydrogen (secondary N) is 1. The van der Waals surface area contributed by atoms with Gasteiger partial charge in [-0.05, 0) is 45.6 Å². The summed E-state index contributed by atoms with van der Waals surface area (Å²) in [6.07, 6.45) is 0. The number of hydrogen-bond acceptors (Lipinski definition) is 2. The Morgan fingerprint density at radius 3 is 2.83 bits per heavy atom. The molecule has 0 saturated heterocycles. The zero-order valence-corrected chi connectivity index (χ0v) is 13.4. The van der Waals surface area contributed by atoms with Crippen LogP contribution >= 0.6 is 27.7 Å². The fourth-order valence-electron chi connectivity index (χ4n) is 2.52. The van der Waals surface area contributed by atoms with E-state index in [1.807, 2.05) is 17.8 Å². The van der Waals surface area contributed by atoms with Crippen molar-refractivity contribution >= 4 is 27.7 Å². The SMILES string of the molecule is CCNC1c2ccc(F)c(Br)c2CSC1C(C)C. The van der Waals surface area contributed by atoms with E-state index in [0.717, 1.165) is 17.9 Å². The number of hydrogen-bond donors (Lipinski definition) is 1. The minimum absolute atomic E-state index is 0.160. The van der Waals surface area contributed by atoms with Crippen LogP contribution < -0.4 is 5.32 Å². The van der Waals surface area contributed by atoms with Crippen LogP contribution in [0.4, 0.5) is 4.39 Å². The third kappa shape index (κ3) is 2.61.